The minimum Gasteiger partial charge on any atom is -0.395 e. The highest BCUT2D eigenvalue weighted by molar-refractivity contribution is 4.69. The SMILES string of the molecule is CCNC(CO)CN(CC)CCOC. The smallest absolute Gasteiger partial charge is 0.0597 e. The van der Waals surface area contributed by atoms with Crippen LogP contribution in [0.4, 0.5) is 0 Å². The third-order valence-corrected chi connectivity index (χ3v) is 2.25. The quantitative estimate of drug-likeness (QED) is 0.552. The molecule has 0 aliphatic carbocycles. The van der Waals surface area contributed by atoms with Crippen molar-refractivity contribution in [3.63, 3.8) is 0 Å². The molecule has 0 aromatic rings. The van der Waals surface area contributed by atoms with Crippen LogP contribution in [0.25, 0.3) is 0 Å². The van der Waals surface area contributed by atoms with Crippen LogP contribution in [0.2, 0.25) is 0 Å². The minimum absolute atomic E-state index is 0.178. The number of ether oxygens (including phenoxy) is 1. The van der Waals surface area contributed by atoms with Crippen LogP contribution in [0.1, 0.15) is 13.8 Å². The Labute approximate surface area is 87.2 Å². The van der Waals surface area contributed by atoms with E-state index in [1.54, 1.807) is 7.11 Å². The first kappa shape index (κ1) is 13.8. The molecule has 0 spiro atoms. The van der Waals surface area contributed by atoms with E-state index in [2.05, 4.69) is 17.1 Å². The van der Waals surface area contributed by atoms with Gasteiger partial charge in [0.15, 0.2) is 0 Å². The summed E-state index contributed by atoms with van der Waals surface area (Å²) in [7, 11) is 1.71. The fourth-order valence-corrected chi connectivity index (χ4v) is 1.39. The normalized spacial score (nSPS) is 13.5. The van der Waals surface area contributed by atoms with Crippen molar-refractivity contribution in [3.05, 3.63) is 0 Å². The van der Waals surface area contributed by atoms with Gasteiger partial charge in [-0.3, -0.25) is 4.90 Å². The molecular weight excluding hydrogens is 180 g/mol. The van der Waals surface area contributed by atoms with Crippen LogP contribution in [0.15, 0.2) is 0 Å². The summed E-state index contributed by atoms with van der Waals surface area (Å²) >= 11 is 0. The van der Waals surface area contributed by atoms with Gasteiger partial charge < -0.3 is 15.2 Å². The molecule has 86 valence electrons. The first-order chi connectivity index (χ1) is 6.78. The molecule has 0 aromatic heterocycles. The van der Waals surface area contributed by atoms with Gasteiger partial charge in [-0.25, -0.2) is 0 Å². The molecule has 0 aliphatic heterocycles. The molecule has 0 amide bonds. The van der Waals surface area contributed by atoms with Gasteiger partial charge in [-0.2, -0.15) is 0 Å². The number of hydrogen-bond donors (Lipinski definition) is 2. The van der Waals surface area contributed by atoms with Gasteiger partial charge in [0.25, 0.3) is 0 Å². The Balaban J connectivity index is 3.75. The molecule has 0 saturated carbocycles. The summed E-state index contributed by atoms with van der Waals surface area (Å²) in [5, 5.41) is 12.3. The molecule has 0 aliphatic rings. The van der Waals surface area contributed by atoms with E-state index in [-0.39, 0.29) is 12.6 Å². The second-order valence-corrected chi connectivity index (χ2v) is 3.32. The molecule has 2 N–H and O–H groups in total. The predicted octanol–water partition coefficient (Wildman–Crippen LogP) is -0.0749. The largest absolute Gasteiger partial charge is 0.395 e. The van der Waals surface area contributed by atoms with Gasteiger partial charge in [-0.05, 0) is 13.1 Å². The number of nitrogens with zero attached hydrogens (tertiary/aromatic N) is 1. The predicted molar refractivity (Wildman–Crippen MR) is 58.5 cm³/mol. The lowest BCUT2D eigenvalue weighted by Gasteiger charge is -2.25. The summed E-state index contributed by atoms with van der Waals surface area (Å²) in [5.74, 6) is 0. The lowest BCUT2D eigenvalue weighted by Crippen LogP contribution is -2.44. The lowest BCUT2D eigenvalue weighted by molar-refractivity contribution is 0.132. The fourth-order valence-electron chi connectivity index (χ4n) is 1.39. The van der Waals surface area contributed by atoms with Gasteiger partial charge in [0, 0.05) is 26.2 Å². The van der Waals surface area contributed by atoms with Crippen molar-refractivity contribution in [2.24, 2.45) is 0 Å². The highest BCUT2D eigenvalue weighted by Gasteiger charge is 2.10. The number of aliphatic hydroxyl groups is 1. The van der Waals surface area contributed by atoms with Crippen LogP contribution in [0, 0.1) is 0 Å². The Morgan fingerprint density at radius 2 is 2.14 bits per heavy atom. The summed E-state index contributed by atoms with van der Waals surface area (Å²) in [5.41, 5.74) is 0. The average Bonchev–Trinajstić information content (AvgIpc) is 2.22. The van der Waals surface area contributed by atoms with Gasteiger partial charge >= 0.3 is 0 Å². The van der Waals surface area contributed by atoms with Crippen LogP contribution < -0.4 is 5.32 Å². The molecule has 0 fully saturated rings. The van der Waals surface area contributed by atoms with Crippen LogP contribution in [-0.2, 0) is 4.74 Å². The van der Waals surface area contributed by atoms with Crippen molar-refractivity contribution in [2.75, 3.05) is 46.5 Å². The zero-order valence-corrected chi connectivity index (χ0v) is 9.62. The second kappa shape index (κ2) is 9.40. The van der Waals surface area contributed by atoms with Crippen molar-refractivity contribution < 1.29 is 9.84 Å². The van der Waals surface area contributed by atoms with E-state index in [1.807, 2.05) is 6.92 Å². The van der Waals surface area contributed by atoms with Crippen LogP contribution >= 0.6 is 0 Å². The Kier molecular flexibility index (Phi) is 9.29. The molecule has 1 atom stereocenters. The van der Waals surface area contributed by atoms with E-state index in [0.717, 1.165) is 32.8 Å². The van der Waals surface area contributed by atoms with E-state index in [0.29, 0.717) is 0 Å². The number of methoxy groups -OCH3 is 1. The zero-order valence-electron chi connectivity index (χ0n) is 9.62. The average molecular weight is 204 g/mol. The molecule has 1 unspecified atom stereocenters. The number of aliphatic hydroxyl groups excluding tert-OH is 1. The molecule has 14 heavy (non-hydrogen) atoms. The first-order valence-corrected chi connectivity index (χ1v) is 5.33. The van der Waals surface area contributed by atoms with Crippen LogP contribution in [-0.4, -0.2) is 62.6 Å². The monoisotopic (exact) mass is 204 g/mol. The summed E-state index contributed by atoms with van der Waals surface area (Å²) in [6.07, 6.45) is 0. The summed E-state index contributed by atoms with van der Waals surface area (Å²) in [6.45, 7) is 8.80. The summed E-state index contributed by atoms with van der Waals surface area (Å²) < 4.78 is 5.02. The second-order valence-electron chi connectivity index (χ2n) is 3.32. The maximum atomic E-state index is 9.11. The Morgan fingerprint density at radius 1 is 1.43 bits per heavy atom. The number of likely N-dealkylation sites (N-methyl/N-ethyl adjacent to an activating group) is 2. The number of nitrogens with one attached hydrogen (secondary N) is 1. The topological polar surface area (TPSA) is 44.7 Å². The molecule has 0 heterocycles. The summed E-state index contributed by atoms with van der Waals surface area (Å²) in [4.78, 5) is 2.27. The van der Waals surface area contributed by atoms with Gasteiger partial charge in [0.05, 0.1) is 13.2 Å². The third kappa shape index (κ3) is 6.32. The first-order valence-electron chi connectivity index (χ1n) is 5.33. The van der Waals surface area contributed by atoms with E-state index >= 15 is 0 Å². The Morgan fingerprint density at radius 3 is 2.57 bits per heavy atom. The standard InChI is InChI=1S/C10H24N2O2/c1-4-11-10(9-13)8-12(5-2)6-7-14-3/h10-11,13H,4-9H2,1-3H3. The molecule has 0 saturated heterocycles. The molecule has 4 nitrogen and oxygen atoms in total. The van der Waals surface area contributed by atoms with Crippen LogP contribution in [0.3, 0.4) is 0 Å². The van der Waals surface area contributed by atoms with Gasteiger partial charge in [0.1, 0.15) is 0 Å². The minimum atomic E-state index is 0.178. The molecule has 4 heteroatoms. The van der Waals surface area contributed by atoms with E-state index < -0.39 is 0 Å². The maximum absolute atomic E-state index is 9.11. The molecule has 0 radical (unpaired) electrons. The van der Waals surface area contributed by atoms with E-state index in [1.165, 1.54) is 0 Å². The number of hydrogen-bond acceptors (Lipinski definition) is 4. The van der Waals surface area contributed by atoms with Crippen molar-refractivity contribution in [2.45, 2.75) is 19.9 Å². The Bertz CT molecular complexity index is 123. The van der Waals surface area contributed by atoms with Crippen molar-refractivity contribution in [1.29, 1.82) is 0 Å². The van der Waals surface area contributed by atoms with E-state index in [4.69, 9.17) is 9.84 Å². The Hall–Kier alpha value is -0.160. The lowest BCUT2D eigenvalue weighted by atomic mass is 10.3. The maximum Gasteiger partial charge on any atom is 0.0597 e. The van der Waals surface area contributed by atoms with Crippen molar-refractivity contribution in [3.8, 4) is 0 Å². The highest BCUT2D eigenvalue weighted by atomic mass is 16.5. The van der Waals surface area contributed by atoms with Crippen molar-refractivity contribution >= 4 is 0 Å². The molecular formula is C10H24N2O2. The van der Waals surface area contributed by atoms with Gasteiger partial charge in [-0.1, -0.05) is 13.8 Å². The molecule has 0 rings (SSSR count). The van der Waals surface area contributed by atoms with Gasteiger partial charge in [0.2, 0.25) is 0 Å². The van der Waals surface area contributed by atoms with Crippen molar-refractivity contribution in [1.82, 2.24) is 10.2 Å². The fraction of sp³-hybridized carbons (Fsp3) is 1.00. The summed E-state index contributed by atoms with van der Waals surface area (Å²) in [6, 6.07) is 0.178. The van der Waals surface area contributed by atoms with Crippen LogP contribution in [0.5, 0.6) is 0 Å². The highest BCUT2D eigenvalue weighted by Crippen LogP contribution is 1.92. The number of rotatable bonds is 9. The van der Waals surface area contributed by atoms with E-state index in [9.17, 15) is 0 Å². The van der Waals surface area contributed by atoms with Gasteiger partial charge in [-0.15, -0.1) is 0 Å². The zero-order chi connectivity index (χ0) is 10.8. The third-order valence-electron chi connectivity index (χ3n) is 2.25. The molecule has 0 aromatic carbocycles. The molecule has 0 bridgehead atoms.